The normalized spacial score (nSPS) is 24.5. The summed E-state index contributed by atoms with van der Waals surface area (Å²) in [5.74, 6) is 0.143. The van der Waals surface area contributed by atoms with Crippen molar-refractivity contribution in [2.45, 2.75) is 44.2 Å². The van der Waals surface area contributed by atoms with Crippen LogP contribution in [0.4, 0.5) is 5.00 Å². The third-order valence-corrected chi connectivity index (χ3v) is 8.65. The Hall–Kier alpha value is -3.13. The van der Waals surface area contributed by atoms with Crippen LogP contribution in [0.3, 0.4) is 0 Å². The maximum atomic E-state index is 13.7. The second-order valence-corrected chi connectivity index (χ2v) is 10.4. The van der Waals surface area contributed by atoms with E-state index < -0.39 is 0 Å². The van der Waals surface area contributed by atoms with E-state index in [0.29, 0.717) is 13.2 Å². The summed E-state index contributed by atoms with van der Waals surface area (Å²) in [6.45, 7) is 13.1. The minimum atomic E-state index is -0.0917. The number of thiophene rings is 1. The molecule has 0 saturated carbocycles. The van der Waals surface area contributed by atoms with Crippen LogP contribution in [0.1, 0.15) is 47.1 Å². The highest BCUT2D eigenvalue weighted by molar-refractivity contribution is 7.14. The van der Waals surface area contributed by atoms with Gasteiger partial charge in [-0.15, -0.1) is 5.10 Å². The summed E-state index contributed by atoms with van der Waals surface area (Å²) in [4.78, 5) is 21.8. The molecular formula is C25H27N7O2S. The smallest absolute Gasteiger partial charge is 0.244 e. The fraction of sp³-hybridized carbons (Fsp3) is 0.480. The Labute approximate surface area is 208 Å². The Kier molecular flexibility index (Phi) is 5.84. The number of ether oxygens (including phenoxy) is 1. The van der Waals surface area contributed by atoms with Crippen LogP contribution in [-0.4, -0.2) is 74.7 Å². The van der Waals surface area contributed by atoms with Crippen LogP contribution in [0.15, 0.2) is 29.9 Å². The minimum absolute atomic E-state index is 0.000134. The summed E-state index contributed by atoms with van der Waals surface area (Å²) < 4.78 is 7.91. The number of hydrogen-bond acceptors (Lipinski definition) is 7. The van der Waals surface area contributed by atoms with Crippen LogP contribution < -0.4 is 0 Å². The average molecular weight is 490 g/mol. The lowest BCUT2D eigenvalue weighted by Gasteiger charge is -2.47. The number of morpholine rings is 1. The van der Waals surface area contributed by atoms with Crippen LogP contribution in [0.25, 0.3) is 10.5 Å². The standard InChI is InChI=1S/C25H27N7O2S/c1-16-22(14-35-24(16)26-2)23-12-30-8-9-31(11-19(30)13-34-23)25(33)21-5-3-4-17-10-18(6-7-20(17)21)32-15-27-28-29-32/h6-7,10,14-15,19,21,23H,3-5,8-9,11-13H2,1H3/t19-,21?,23-/m0/s1. The number of benzene rings is 1. The molecule has 4 heterocycles. The molecule has 0 radical (unpaired) electrons. The summed E-state index contributed by atoms with van der Waals surface area (Å²) >= 11 is 1.50. The van der Waals surface area contributed by atoms with Crippen LogP contribution in [0.2, 0.25) is 0 Å². The molecule has 2 aliphatic heterocycles. The van der Waals surface area contributed by atoms with Gasteiger partial charge in [-0.2, -0.15) is 11.3 Å². The van der Waals surface area contributed by atoms with E-state index in [4.69, 9.17) is 11.3 Å². The lowest BCUT2D eigenvalue weighted by molar-refractivity contribution is -0.142. The molecule has 6 rings (SSSR count). The Balaban J connectivity index is 1.14. The van der Waals surface area contributed by atoms with Gasteiger partial charge in [-0.3, -0.25) is 9.69 Å². The molecule has 35 heavy (non-hydrogen) atoms. The number of aryl methyl sites for hydroxylation is 1. The zero-order chi connectivity index (χ0) is 23.9. The molecule has 3 aliphatic rings. The molecule has 3 aromatic rings. The zero-order valence-corrected chi connectivity index (χ0v) is 20.4. The Morgan fingerprint density at radius 3 is 2.97 bits per heavy atom. The van der Waals surface area contributed by atoms with Gasteiger partial charge in [0.15, 0.2) is 0 Å². The van der Waals surface area contributed by atoms with Crippen molar-refractivity contribution in [2.75, 3.05) is 32.8 Å². The van der Waals surface area contributed by atoms with Crippen molar-refractivity contribution >= 4 is 22.2 Å². The number of carbonyl (C=O) groups is 1. The summed E-state index contributed by atoms with van der Waals surface area (Å²) in [5, 5.41) is 14.3. The lowest BCUT2D eigenvalue weighted by atomic mass is 9.81. The topological polar surface area (TPSA) is 80.7 Å². The van der Waals surface area contributed by atoms with Gasteiger partial charge in [0.05, 0.1) is 36.9 Å². The van der Waals surface area contributed by atoms with Crippen LogP contribution in [0.5, 0.6) is 0 Å². The molecular weight excluding hydrogens is 462 g/mol. The fourth-order valence-corrected chi connectivity index (χ4v) is 6.63. The van der Waals surface area contributed by atoms with E-state index in [9.17, 15) is 4.79 Å². The molecule has 1 unspecified atom stereocenters. The van der Waals surface area contributed by atoms with Crippen molar-refractivity contribution in [2.24, 2.45) is 0 Å². The van der Waals surface area contributed by atoms with E-state index in [1.807, 2.05) is 17.9 Å². The monoisotopic (exact) mass is 489 g/mol. The number of tetrazole rings is 1. The molecule has 1 aliphatic carbocycles. The van der Waals surface area contributed by atoms with Crippen molar-refractivity contribution in [1.82, 2.24) is 30.0 Å². The maximum Gasteiger partial charge on any atom is 0.244 e. The molecule has 2 aromatic heterocycles. The third-order valence-electron chi connectivity index (χ3n) is 7.66. The van der Waals surface area contributed by atoms with Gasteiger partial charge in [-0.05, 0) is 76.4 Å². The first kappa shape index (κ1) is 22.3. The maximum absolute atomic E-state index is 13.7. The van der Waals surface area contributed by atoms with Gasteiger partial charge in [0, 0.05) is 26.2 Å². The summed E-state index contributed by atoms with van der Waals surface area (Å²) in [7, 11) is 0. The van der Waals surface area contributed by atoms with E-state index in [1.54, 1.807) is 11.0 Å². The second kappa shape index (κ2) is 9.15. The van der Waals surface area contributed by atoms with Crippen LogP contribution in [0, 0.1) is 13.5 Å². The van der Waals surface area contributed by atoms with E-state index >= 15 is 0 Å². The van der Waals surface area contributed by atoms with Gasteiger partial charge in [0.1, 0.15) is 6.33 Å². The SMILES string of the molecule is [C-]#[N+]c1scc([C@@H]2CN3CCN(C(=O)C4CCCc5cc(-n6cnnn6)ccc54)C[C@H]3CO2)c1C. The van der Waals surface area contributed by atoms with Crippen molar-refractivity contribution in [3.8, 4) is 5.69 Å². The number of nitrogens with zero attached hydrogens (tertiary/aromatic N) is 7. The molecule has 2 fully saturated rings. The molecule has 9 nitrogen and oxygen atoms in total. The van der Waals surface area contributed by atoms with Gasteiger partial charge < -0.3 is 9.64 Å². The fourth-order valence-electron chi connectivity index (χ4n) is 5.72. The molecule has 3 atom stereocenters. The van der Waals surface area contributed by atoms with E-state index in [2.05, 4.69) is 42.8 Å². The predicted molar refractivity (Wildman–Crippen MR) is 131 cm³/mol. The first-order valence-electron chi connectivity index (χ1n) is 12.1. The Morgan fingerprint density at radius 2 is 2.17 bits per heavy atom. The summed E-state index contributed by atoms with van der Waals surface area (Å²) in [6.07, 6.45) is 4.45. The molecule has 0 spiro atoms. The van der Waals surface area contributed by atoms with E-state index in [0.717, 1.165) is 66.3 Å². The number of aromatic nitrogens is 4. The van der Waals surface area contributed by atoms with Crippen LogP contribution >= 0.6 is 11.3 Å². The van der Waals surface area contributed by atoms with Gasteiger partial charge in [-0.1, -0.05) is 6.07 Å². The largest absolute Gasteiger partial charge is 0.371 e. The molecule has 0 N–H and O–H groups in total. The van der Waals surface area contributed by atoms with Crippen molar-refractivity contribution in [1.29, 1.82) is 0 Å². The van der Waals surface area contributed by atoms with Gasteiger partial charge in [0.25, 0.3) is 0 Å². The van der Waals surface area contributed by atoms with Gasteiger partial charge in [0.2, 0.25) is 10.9 Å². The van der Waals surface area contributed by atoms with Crippen molar-refractivity contribution in [3.05, 3.63) is 63.6 Å². The molecule has 10 heteroatoms. The number of piperazine rings is 1. The second-order valence-electron chi connectivity index (χ2n) is 9.57. The predicted octanol–water partition coefficient (Wildman–Crippen LogP) is 3.29. The molecule has 180 valence electrons. The number of fused-ring (bicyclic) bond motifs is 2. The van der Waals surface area contributed by atoms with E-state index in [1.165, 1.54) is 16.9 Å². The quantitative estimate of drug-likeness (QED) is 0.526. The number of hydrogen-bond donors (Lipinski definition) is 0. The van der Waals surface area contributed by atoms with Gasteiger partial charge in [-0.25, -0.2) is 9.53 Å². The zero-order valence-electron chi connectivity index (χ0n) is 19.6. The summed E-state index contributed by atoms with van der Waals surface area (Å²) in [5.41, 5.74) is 5.46. The van der Waals surface area contributed by atoms with E-state index in [-0.39, 0.29) is 24.0 Å². The first-order chi connectivity index (χ1) is 17.1. The highest BCUT2D eigenvalue weighted by Gasteiger charge is 2.38. The summed E-state index contributed by atoms with van der Waals surface area (Å²) in [6, 6.07) is 6.41. The van der Waals surface area contributed by atoms with Crippen molar-refractivity contribution in [3.63, 3.8) is 0 Å². The third kappa shape index (κ3) is 4.03. The van der Waals surface area contributed by atoms with Crippen LogP contribution in [-0.2, 0) is 16.0 Å². The van der Waals surface area contributed by atoms with Crippen molar-refractivity contribution < 1.29 is 9.53 Å². The highest BCUT2D eigenvalue weighted by atomic mass is 32.1. The minimum Gasteiger partial charge on any atom is -0.371 e. The first-order valence-corrected chi connectivity index (χ1v) is 13.0. The Bertz CT molecular complexity index is 1280. The molecule has 2 saturated heterocycles. The average Bonchev–Trinajstić information content (AvgIpc) is 3.57. The number of carbonyl (C=O) groups excluding carboxylic acids is 1. The Morgan fingerprint density at radius 1 is 1.26 bits per heavy atom. The molecule has 1 amide bonds. The molecule has 1 aromatic carbocycles. The lowest BCUT2D eigenvalue weighted by Crippen LogP contribution is -2.60. The highest BCUT2D eigenvalue weighted by Crippen LogP contribution is 2.38. The molecule has 0 bridgehead atoms. The number of rotatable bonds is 3. The number of amides is 1. The van der Waals surface area contributed by atoms with Gasteiger partial charge >= 0.3 is 0 Å².